The number of aromatic nitrogens is 1. The van der Waals surface area contributed by atoms with Crippen LogP contribution in [0.1, 0.15) is 30.3 Å². The lowest BCUT2D eigenvalue weighted by molar-refractivity contribution is -0.384. The summed E-state index contributed by atoms with van der Waals surface area (Å²) in [6, 6.07) is 1.69. The van der Waals surface area contributed by atoms with E-state index in [0.29, 0.717) is 31.4 Å². The second kappa shape index (κ2) is 6.04. The number of rotatable bonds is 5. The number of carbonyl (C=O) groups excluding carboxylic acids is 1. The number of likely N-dealkylation sites (N-methyl/N-ethyl adjacent to an activating group) is 1. The molecule has 1 amide bonds. The van der Waals surface area contributed by atoms with Crippen molar-refractivity contribution >= 4 is 11.6 Å². The molecule has 0 aromatic carbocycles. The fraction of sp³-hybridized carbons (Fsp3) is 0.615. The number of hydrogen-bond donors (Lipinski definition) is 1. The molecule has 0 saturated carbocycles. The number of aryl methyl sites for hydroxylation is 1. The molecule has 0 bridgehead atoms. The minimum Gasteiger partial charge on any atom is -0.337 e. The highest BCUT2D eigenvalue weighted by Gasteiger charge is 2.29. The van der Waals surface area contributed by atoms with Crippen LogP contribution < -0.4 is 5.32 Å². The second-order valence-corrected chi connectivity index (χ2v) is 5.06. The van der Waals surface area contributed by atoms with Gasteiger partial charge in [0.15, 0.2) is 0 Å². The SMILES string of the molecule is CCCn1cc([N+](=O)[O-])cc1C(=O)N1CCC(NC)C1. The van der Waals surface area contributed by atoms with Crippen LogP contribution >= 0.6 is 0 Å². The number of nitro groups is 1. The highest BCUT2D eigenvalue weighted by Crippen LogP contribution is 2.20. The number of amides is 1. The van der Waals surface area contributed by atoms with E-state index in [9.17, 15) is 14.9 Å². The Morgan fingerprint density at radius 3 is 2.90 bits per heavy atom. The van der Waals surface area contributed by atoms with Gasteiger partial charge in [-0.1, -0.05) is 6.92 Å². The van der Waals surface area contributed by atoms with Crippen LogP contribution in [-0.2, 0) is 6.54 Å². The maximum atomic E-state index is 12.5. The van der Waals surface area contributed by atoms with Gasteiger partial charge in [0.1, 0.15) is 5.69 Å². The number of hydrogen-bond acceptors (Lipinski definition) is 4. The van der Waals surface area contributed by atoms with Gasteiger partial charge in [-0.2, -0.15) is 0 Å². The molecule has 0 aliphatic carbocycles. The summed E-state index contributed by atoms with van der Waals surface area (Å²) in [5, 5.41) is 14.0. The van der Waals surface area contributed by atoms with Crippen LogP contribution in [0.15, 0.2) is 12.3 Å². The summed E-state index contributed by atoms with van der Waals surface area (Å²) < 4.78 is 1.69. The monoisotopic (exact) mass is 280 g/mol. The Bertz CT molecular complexity index is 512. The molecule has 7 nitrogen and oxygen atoms in total. The molecule has 2 heterocycles. The van der Waals surface area contributed by atoms with Crippen molar-refractivity contribution in [3.05, 3.63) is 28.1 Å². The van der Waals surface area contributed by atoms with Crippen molar-refractivity contribution in [1.29, 1.82) is 0 Å². The van der Waals surface area contributed by atoms with Crippen LogP contribution in [0.25, 0.3) is 0 Å². The molecule has 20 heavy (non-hydrogen) atoms. The molecule has 0 radical (unpaired) electrons. The molecule has 2 rings (SSSR count). The molecule has 1 saturated heterocycles. The van der Waals surface area contributed by atoms with Crippen molar-refractivity contribution in [2.45, 2.75) is 32.4 Å². The molecule has 1 aliphatic rings. The van der Waals surface area contributed by atoms with E-state index < -0.39 is 4.92 Å². The van der Waals surface area contributed by atoms with E-state index in [1.807, 2.05) is 14.0 Å². The van der Waals surface area contributed by atoms with Gasteiger partial charge in [-0.3, -0.25) is 14.9 Å². The van der Waals surface area contributed by atoms with Crippen LogP contribution in [-0.4, -0.2) is 46.5 Å². The van der Waals surface area contributed by atoms with E-state index in [1.165, 1.54) is 12.3 Å². The highest BCUT2D eigenvalue weighted by molar-refractivity contribution is 5.93. The molecule has 1 aromatic heterocycles. The lowest BCUT2D eigenvalue weighted by Gasteiger charge is -2.17. The third-order valence-electron chi connectivity index (χ3n) is 3.66. The number of nitrogens with one attached hydrogen (secondary N) is 1. The second-order valence-electron chi connectivity index (χ2n) is 5.06. The van der Waals surface area contributed by atoms with Crippen molar-refractivity contribution in [3.63, 3.8) is 0 Å². The summed E-state index contributed by atoms with van der Waals surface area (Å²) in [7, 11) is 1.88. The summed E-state index contributed by atoms with van der Waals surface area (Å²) in [6.45, 7) is 3.93. The van der Waals surface area contributed by atoms with Crippen LogP contribution in [0.3, 0.4) is 0 Å². The number of carbonyl (C=O) groups is 1. The molecule has 1 aliphatic heterocycles. The molecule has 0 spiro atoms. The predicted molar refractivity (Wildman–Crippen MR) is 74.7 cm³/mol. The smallest absolute Gasteiger partial charge is 0.287 e. The number of likely N-dealkylation sites (tertiary alicyclic amines) is 1. The molecular weight excluding hydrogens is 260 g/mol. The molecule has 1 fully saturated rings. The fourth-order valence-electron chi connectivity index (χ4n) is 2.54. The first-order chi connectivity index (χ1) is 9.56. The Balaban J connectivity index is 2.22. The van der Waals surface area contributed by atoms with Crippen LogP contribution in [0.4, 0.5) is 5.69 Å². The van der Waals surface area contributed by atoms with E-state index in [-0.39, 0.29) is 11.6 Å². The molecule has 1 unspecified atom stereocenters. The van der Waals surface area contributed by atoms with Crippen LogP contribution in [0, 0.1) is 10.1 Å². The fourth-order valence-corrected chi connectivity index (χ4v) is 2.54. The highest BCUT2D eigenvalue weighted by atomic mass is 16.6. The van der Waals surface area contributed by atoms with E-state index in [4.69, 9.17) is 0 Å². The Morgan fingerprint density at radius 2 is 2.35 bits per heavy atom. The first-order valence-corrected chi connectivity index (χ1v) is 6.88. The van der Waals surface area contributed by atoms with Gasteiger partial charge in [-0.15, -0.1) is 0 Å². The van der Waals surface area contributed by atoms with Gasteiger partial charge in [0, 0.05) is 31.7 Å². The lowest BCUT2D eigenvalue weighted by atomic mass is 10.3. The van der Waals surface area contributed by atoms with E-state index in [1.54, 1.807) is 9.47 Å². The van der Waals surface area contributed by atoms with Gasteiger partial charge in [0.25, 0.3) is 11.6 Å². The summed E-state index contributed by atoms with van der Waals surface area (Å²) in [4.78, 5) is 24.7. The molecule has 1 atom stereocenters. The first-order valence-electron chi connectivity index (χ1n) is 6.88. The molecule has 110 valence electrons. The van der Waals surface area contributed by atoms with Crippen molar-refractivity contribution in [2.75, 3.05) is 20.1 Å². The van der Waals surface area contributed by atoms with Gasteiger partial charge in [-0.05, 0) is 19.9 Å². The molecule has 1 aromatic rings. The Hall–Kier alpha value is -1.89. The van der Waals surface area contributed by atoms with Crippen molar-refractivity contribution in [1.82, 2.24) is 14.8 Å². The summed E-state index contributed by atoms with van der Waals surface area (Å²) in [5.74, 6) is -0.121. The summed E-state index contributed by atoms with van der Waals surface area (Å²) in [6.07, 6.45) is 3.19. The summed E-state index contributed by atoms with van der Waals surface area (Å²) >= 11 is 0. The maximum absolute atomic E-state index is 12.5. The van der Waals surface area contributed by atoms with Gasteiger partial charge in [0.2, 0.25) is 0 Å². The van der Waals surface area contributed by atoms with Crippen molar-refractivity contribution in [3.8, 4) is 0 Å². The molecule has 7 heteroatoms. The third-order valence-corrected chi connectivity index (χ3v) is 3.66. The van der Waals surface area contributed by atoms with Gasteiger partial charge in [-0.25, -0.2) is 0 Å². The van der Waals surface area contributed by atoms with Gasteiger partial charge < -0.3 is 14.8 Å². The minimum absolute atomic E-state index is 0.0221. The topological polar surface area (TPSA) is 80.4 Å². The Kier molecular flexibility index (Phi) is 4.39. The molecule has 1 N–H and O–H groups in total. The largest absolute Gasteiger partial charge is 0.337 e. The lowest BCUT2D eigenvalue weighted by Crippen LogP contribution is -2.34. The van der Waals surface area contributed by atoms with E-state index in [0.717, 1.165) is 12.8 Å². The van der Waals surface area contributed by atoms with Crippen molar-refractivity contribution < 1.29 is 9.72 Å². The van der Waals surface area contributed by atoms with Crippen LogP contribution in [0.2, 0.25) is 0 Å². The van der Waals surface area contributed by atoms with Gasteiger partial charge >= 0.3 is 0 Å². The number of nitrogens with zero attached hydrogens (tertiary/aromatic N) is 3. The quantitative estimate of drug-likeness (QED) is 0.650. The Morgan fingerprint density at radius 1 is 1.60 bits per heavy atom. The minimum atomic E-state index is -0.455. The van der Waals surface area contributed by atoms with Gasteiger partial charge in [0.05, 0.1) is 11.1 Å². The average Bonchev–Trinajstić information content (AvgIpc) is 3.05. The van der Waals surface area contributed by atoms with E-state index >= 15 is 0 Å². The molecular formula is C13H20N4O3. The van der Waals surface area contributed by atoms with Crippen molar-refractivity contribution in [2.24, 2.45) is 0 Å². The zero-order valence-electron chi connectivity index (χ0n) is 11.8. The predicted octanol–water partition coefficient (Wildman–Crippen LogP) is 1.24. The zero-order chi connectivity index (χ0) is 14.7. The Labute approximate surface area is 117 Å². The standard InChI is InChI=1S/C13H20N4O3/c1-3-5-15-9-11(17(19)20)7-12(15)13(18)16-6-4-10(8-16)14-2/h7,9-10,14H,3-6,8H2,1-2H3. The third kappa shape index (κ3) is 2.82. The van der Waals surface area contributed by atoms with Crippen LogP contribution in [0.5, 0.6) is 0 Å². The normalized spacial score (nSPS) is 18.5. The maximum Gasteiger partial charge on any atom is 0.287 e. The first kappa shape index (κ1) is 14.5. The average molecular weight is 280 g/mol. The zero-order valence-corrected chi connectivity index (χ0v) is 11.8. The van der Waals surface area contributed by atoms with E-state index in [2.05, 4.69) is 5.32 Å². The summed E-state index contributed by atoms with van der Waals surface area (Å²) in [5.41, 5.74) is 0.390.